The van der Waals surface area contributed by atoms with Crippen LogP contribution in [0.5, 0.6) is 0 Å². The molecule has 108 valence electrons. The number of carbonyl (C=O) groups is 1. The Kier molecular flexibility index (Phi) is 4.15. The predicted molar refractivity (Wildman–Crippen MR) is 86.8 cm³/mol. The maximum absolute atomic E-state index is 12.3. The molecule has 0 saturated heterocycles. The van der Waals surface area contributed by atoms with Gasteiger partial charge in [-0.2, -0.15) is 0 Å². The highest BCUT2D eigenvalue weighted by Crippen LogP contribution is 2.18. The number of aromatic nitrogens is 2. The number of fused-ring (bicyclic) bond motifs is 1. The van der Waals surface area contributed by atoms with Crippen LogP contribution in [0, 0.1) is 0 Å². The van der Waals surface area contributed by atoms with E-state index in [9.17, 15) is 4.79 Å². The van der Waals surface area contributed by atoms with Crippen LogP contribution in [0.3, 0.4) is 0 Å². The van der Waals surface area contributed by atoms with E-state index in [1.54, 1.807) is 11.3 Å². The van der Waals surface area contributed by atoms with Gasteiger partial charge in [0.05, 0.1) is 17.5 Å². The van der Waals surface area contributed by atoms with Crippen LogP contribution in [0.15, 0.2) is 41.8 Å². The average Bonchev–Trinajstić information content (AvgIpc) is 3.08. The number of ketones is 1. The van der Waals surface area contributed by atoms with Crippen molar-refractivity contribution >= 4 is 28.2 Å². The van der Waals surface area contributed by atoms with Crippen molar-refractivity contribution in [3.05, 3.63) is 52.5 Å². The number of hydrogen-bond acceptors (Lipinski definition) is 3. The second-order valence-corrected chi connectivity index (χ2v) is 6.17. The Hall–Kier alpha value is -1.94. The standard InChI is InChI=1S/C17H18N2OS/c1-2-9-19-16-8-4-3-7-15(16)18-17(19)12-13(20)11-14-6-5-10-21-14/h3-8,10H,2,9,11-12H2,1H3. The molecule has 0 amide bonds. The van der Waals surface area contributed by atoms with Gasteiger partial charge in [-0.3, -0.25) is 4.79 Å². The molecule has 0 aliphatic heterocycles. The Balaban J connectivity index is 1.85. The number of para-hydroxylation sites is 2. The Morgan fingerprint density at radius 2 is 2.05 bits per heavy atom. The molecule has 3 aromatic rings. The minimum atomic E-state index is 0.227. The highest BCUT2D eigenvalue weighted by Gasteiger charge is 2.14. The van der Waals surface area contributed by atoms with Gasteiger partial charge < -0.3 is 4.57 Å². The summed E-state index contributed by atoms with van der Waals surface area (Å²) < 4.78 is 2.18. The highest BCUT2D eigenvalue weighted by molar-refractivity contribution is 7.10. The first kappa shape index (κ1) is 14.0. The van der Waals surface area contributed by atoms with E-state index in [-0.39, 0.29) is 5.78 Å². The number of rotatable bonds is 6. The molecule has 0 fully saturated rings. The summed E-state index contributed by atoms with van der Waals surface area (Å²) in [6.45, 7) is 3.05. The summed E-state index contributed by atoms with van der Waals surface area (Å²) in [7, 11) is 0. The largest absolute Gasteiger partial charge is 0.328 e. The Morgan fingerprint density at radius 1 is 1.19 bits per heavy atom. The maximum atomic E-state index is 12.3. The van der Waals surface area contributed by atoms with Crippen molar-refractivity contribution in [1.29, 1.82) is 0 Å². The van der Waals surface area contributed by atoms with Crippen molar-refractivity contribution in [3.8, 4) is 0 Å². The topological polar surface area (TPSA) is 34.9 Å². The smallest absolute Gasteiger partial charge is 0.145 e. The summed E-state index contributed by atoms with van der Waals surface area (Å²) >= 11 is 1.63. The van der Waals surface area contributed by atoms with E-state index in [4.69, 9.17) is 0 Å². The van der Waals surface area contributed by atoms with Gasteiger partial charge in [0.15, 0.2) is 0 Å². The molecule has 2 aromatic heterocycles. The first-order valence-corrected chi connectivity index (χ1v) is 8.14. The lowest BCUT2D eigenvalue weighted by Crippen LogP contribution is -2.11. The summed E-state index contributed by atoms with van der Waals surface area (Å²) in [5.74, 6) is 1.12. The molecule has 0 N–H and O–H groups in total. The van der Waals surface area contributed by atoms with Crippen molar-refractivity contribution in [2.75, 3.05) is 0 Å². The molecule has 0 aliphatic rings. The second-order valence-electron chi connectivity index (χ2n) is 5.14. The average molecular weight is 298 g/mol. The summed E-state index contributed by atoms with van der Waals surface area (Å²) in [5.41, 5.74) is 2.10. The molecule has 0 unspecified atom stereocenters. The minimum Gasteiger partial charge on any atom is -0.328 e. The van der Waals surface area contributed by atoms with Crippen LogP contribution in [-0.4, -0.2) is 15.3 Å². The first-order valence-electron chi connectivity index (χ1n) is 7.26. The molecule has 0 aliphatic carbocycles. The SMILES string of the molecule is CCCn1c(CC(=O)Cc2cccs2)nc2ccccc21. The molecule has 0 bridgehead atoms. The molecular formula is C17H18N2OS. The van der Waals surface area contributed by atoms with E-state index in [0.29, 0.717) is 12.8 Å². The molecular weight excluding hydrogens is 280 g/mol. The normalized spacial score (nSPS) is 11.1. The number of nitrogens with zero attached hydrogens (tertiary/aromatic N) is 2. The van der Waals surface area contributed by atoms with Gasteiger partial charge in [0.1, 0.15) is 11.6 Å². The molecule has 0 saturated carbocycles. The van der Waals surface area contributed by atoms with Gasteiger partial charge >= 0.3 is 0 Å². The van der Waals surface area contributed by atoms with Crippen molar-refractivity contribution in [3.63, 3.8) is 0 Å². The number of thiophene rings is 1. The molecule has 2 heterocycles. The molecule has 0 atom stereocenters. The number of aryl methyl sites for hydroxylation is 1. The Labute approximate surface area is 128 Å². The van der Waals surface area contributed by atoms with Crippen LogP contribution in [0.2, 0.25) is 0 Å². The molecule has 0 radical (unpaired) electrons. The van der Waals surface area contributed by atoms with Gasteiger partial charge in [-0.15, -0.1) is 11.3 Å². The number of carbonyl (C=O) groups excluding carboxylic acids is 1. The van der Waals surface area contributed by atoms with Gasteiger partial charge in [0.2, 0.25) is 0 Å². The van der Waals surface area contributed by atoms with Gasteiger partial charge in [-0.1, -0.05) is 25.1 Å². The van der Waals surface area contributed by atoms with Crippen molar-refractivity contribution in [2.45, 2.75) is 32.7 Å². The fourth-order valence-corrected chi connectivity index (χ4v) is 3.31. The molecule has 0 spiro atoms. The quantitative estimate of drug-likeness (QED) is 0.692. The van der Waals surface area contributed by atoms with E-state index in [2.05, 4.69) is 22.5 Å². The Bertz CT molecular complexity index is 743. The molecule has 3 nitrogen and oxygen atoms in total. The monoisotopic (exact) mass is 298 g/mol. The van der Waals surface area contributed by atoms with E-state index in [0.717, 1.165) is 34.7 Å². The third-order valence-corrected chi connectivity index (χ3v) is 4.36. The lowest BCUT2D eigenvalue weighted by molar-refractivity contribution is -0.117. The van der Waals surface area contributed by atoms with Crippen LogP contribution >= 0.6 is 11.3 Å². The van der Waals surface area contributed by atoms with E-state index in [1.807, 2.05) is 35.7 Å². The molecule has 1 aromatic carbocycles. The fraction of sp³-hybridized carbons (Fsp3) is 0.294. The number of Topliss-reactive ketones (excluding diaryl/α,β-unsaturated/α-hetero) is 1. The number of hydrogen-bond donors (Lipinski definition) is 0. The van der Waals surface area contributed by atoms with Crippen LogP contribution in [0.25, 0.3) is 11.0 Å². The van der Waals surface area contributed by atoms with Crippen LogP contribution in [0.1, 0.15) is 24.0 Å². The van der Waals surface area contributed by atoms with Gasteiger partial charge in [-0.05, 0) is 30.0 Å². The zero-order valence-electron chi connectivity index (χ0n) is 12.1. The second kappa shape index (κ2) is 6.22. The van der Waals surface area contributed by atoms with Crippen LogP contribution in [0.4, 0.5) is 0 Å². The summed E-state index contributed by atoms with van der Waals surface area (Å²) in [6, 6.07) is 12.1. The minimum absolute atomic E-state index is 0.227. The van der Waals surface area contributed by atoms with E-state index in [1.165, 1.54) is 0 Å². The Morgan fingerprint density at radius 3 is 2.81 bits per heavy atom. The zero-order valence-corrected chi connectivity index (χ0v) is 12.9. The summed E-state index contributed by atoms with van der Waals surface area (Å²) in [4.78, 5) is 18.0. The molecule has 21 heavy (non-hydrogen) atoms. The fourth-order valence-electron chi connectivity index (χ4n) is 2.58. The summed E-state index contributed by atoms with van der Waals surface area (Å²) in [6.07, 6.45) is 1.95. The summed E-state index contributed by atoms with van der Waals surface area (Å²) in [5, 5.41) is 2.01. The highest BCUT2D eigenvalue weighted by atomic mass is 32.1. The number of benzene rings is 1. The first-order chi connectivity index (χ1) is 10.3. The predicted octanol–water partition coefficient (Wildman–Crippen LogP) is 3.86. The lowest BCUT2D eigenvalue weighted by atomic mass is 10.2. The van der Waals surface area contributed by atoms with Gasteiger partial charge in [-0.25, -0.2) is 4.98 Å². The molecule has 4 heteroatoms. The third-order valence-electron chi connectivity index (χ3n) is 3.49. The van der Waals surface area contributed by atoms with Gasteiger partial charge in [0, 0.05) is 17.8 Å². The zero-order chi connectivity index (χ0) is 14.7. The van der Waals surface area contributed by atoms with Crippen LogP contribution in [-0.2, 0) is 24.2 Å². The van der Waals surface area contributed by atoms with Crippen molar-refractivity contribution in [2.24, 2.45) is 0 Å². The third kappa shape index (κ3) is 3.05. The van der Waals surface area contributed by atoms with E-state index >= 15 is 0 Å². The maximum Gasteiger partial charge on any atom is 0.145 e. The number of imidazole rings is 1. The lowest BCUT2D eigenvalue weighted by Gasteiger charge is -2.07. The van der Waals surface area contributed by atoms with Crippen LogP contribution < -0.4 is 0 Å². The van der Waals surface area contributed by atoms with Crippen molar-refractivity contribution < 1.29 is 4.79 Å². The van der Waals surface area contributed by atoms with Gasteiger partial charge in [0.25, 0.3) is 0 Å². The molecule has 3 rings (SSSR count). The van der Waals surface area contributed by atoms with Crippen molar-refractivity contribution in [1.82, 2.24) is 9.55 Å². The van der Waals surface area contributed by atoms with E-state index < -0.39 is 0 Å².